The van der Waals surface area contributed by atoms with Crippen molar-refractivity contribution in [2.45, 2.75) is 6.54 Å². The Bertz CT molecular complexity index is 1040. The predicted octanol–water partition coefficient (Wildman–Crippen LogP) is 5.06. The number of esters is 1. The minimum Gasteiger partial charge on any atom is -0.497 e. The van der Waals surface area contributed by atoms with Crippen LogP contribution in [0.1, 0.15) is 15.9 Å². The van der Waals surface area contributed by atoms with Crippen LogP contribution in [0.5, 0.6) is 11.5 Å². The molecule has 0 fully saturated rings. The zero-order valence-electron chi connectivity index (χ0n) is 15.9. The minimum absolute atomic E-state index is 0.129. The third kappa shape index (κ3) is 4.41. The van der Waals surface area contributed by atoms with Gasteiger partial charge in [0, 0.05) is 28.8 Å². The first kappa shape index (κ1) is 20.8. The molecule has 0 radical (unpaired) electrons. The standard InChI is InChI=1S/C20H18Cl2N2O5/c1-26-13-6-4-11(16(9-13)27-2)10-23-19-17(20(25)28-3)18(29-24-19)14-7-5-12(21)8-15(14)22/h4-9H,10H2,1-3H3,(H,23,24). The fourth-order valence-electron chi connectivity index (χ4n) is 2.74. The van der Waals surface area contributed by atoms with Gasteiger partial charge in [0.2, 0.25) is 0 Å². The molecule has 0 amide bonds. The quantitative estimate of drug-likeness (QED) is 0.517. The van der Waals surface area contributed by atoms with Crippen LogP contribution in [-0.2, 0) is 11.3 Å². The van der Waals surface area contributed by atoms with Gasteiger partial charge in [-0.1, -0.05) is 28.4 Å². The van der Waals surface area contributed by atoms with Crippen molar-refractivity contribution in [3.63, 3.8) is 0 Å². The van der Waals surface area contributed by atoms with E-state index in [9.17, 15) is 4.79 Å². The second-order valence-electron chi connectivity index (χ2n) is 5.88. The van der Waals surface area contributed by atoms with Gasteiger partial charge < -0.3 is 24.1 Å². The lowest BCUT2D eigenvalue weighted by Crippen LogP contribution is -2.09. The van der Waals surface area contributed by atoms with Gasteiger partial charge in [-0.15, -0.1) is 0 Å². The van der Waals surface area contributed by atoms with Gasteiger partial charge in [-0.2, -0.15) is 0 Å². The molecule has 2 aromatic carbocycles. The fraction of sp³-hybridized carbons (Fsp3) is 0.200. The molecule has 7 nitrogen and oxygen atoms in total. The highest BCUT2D eigenvalue weighted by Crippen LogP contribution is 2.36. The average molecular weight is 437 g/mol. The number of rotatable bonds is 7. The van der Waals surface area contributed by atoms with Crippen LogP contribution in [0.25, 0.3) is 11.3 Å². The largest absolute Gasteiger partial charge is 0.497 e. The van der Waals surface area contributed by atoms with Crippen LogP contribution in [0.2, 0.25) is 10.0 Å². The number of halogens is 2. The van der Waals surface area contributed by atoms with Gasteiger partial charge >= 0.3 is 5.97 Å². The summed E-state index contributed by atoms with van der Waals surface area (Å²) in [6.45, 7) is 0.317. The number of carbonyl (C=O) groups excluding carboxylic acids is 1. The molecule has 0 atom stereocenters. The van der Waals surface area contributed by atoms with Gasteiger partial charge in [0.05, 0.1) is 26.4 Å². The molecule has 0 unspecified atom stereocenters. The second-order valence-corrected chi connectivity index (χ2v) is 6.73. The first-order valence-electron chi connectivity index (χ1n) is 8.46. The van der Waals surface area contributed by atoms with E-state index in [-0.39, 0.29) is 17.1 Å². The Morgan fingerprint density at radius 2 is 1.90 bits per heavy atom. The van der Waals surface area contributed by atoms with Gasteiger partial charge in [-0.3, -0.25) is 0 Å². The molecule has 1 N–H and O–H groups in total. The van der Waals surface area contributed by atoms with Crippen LogP contribution in [0.15, 0.2) is 40.9 Å². The second kappa shape index (κ2) is 9.07. The van der Waals surface area contributed by atoms with E-state index >= 15 is 0 Å². The lowest BCUT2D eigenvalue weighted by atomic mass is 10.1. The summed E-state index contributed by atoms with van der Waals surface area (Å²) in [6, 6.07) is 10.3. The van der Waals surface area contributed by atoms with E-state index in [0.29, 0.717) is 33.7 Å². The monoisotopic (exact) mass is 436 g/mol. The molecule has 1 heterocycles. The van der Waals surface area contributed by atoms with Gasteiger partial charge in [0.1, 0.15) is 11.5 Å². The van der Waals surface area contributed by atoms with Gasteiger partial charge in [0.25, 0.3) is 0 Å². The Morgan fingerprint density at radius 3 is 2.55 bits per heavy atom. The van der Waals surface area contributed by atoms with E-state index in [2.05, 4.69) is 10.5 Å². The van der Waals surface area contributed by atoms with Crippen molar-refractivity contribution in [3.8, 4) is 22.8 Å². The summed E-state index contributed by atoms with van der Waals surface area (Å²) < 4.78 is 20.9. The fourth-order valence-corrected chi connectivity index (χ4v) is 3.23. The minimum atomic E-state index is -0.614. The Hall–Kier alpha value is -2.90. The lowest BCUT2D eigenvalue weighted by Gasteiger charge is -2.11. The molecule has 3 rings (SSSR count). The normalized spacial score (nSPS) is 10.5. The third-order valence-electron chi connectivity index (χ3n) is 4.20. The molecule has 0 spiro atoms. The third-order valence-corrected chi connectivity index (χ3v) is 4.75. The van der Waals surface area contributed by atoms with Crippen LogP contribution < -0.4 is 14.8 Å². The van der Waals surface area contributed by atoms with E-state index in [1.165, 1.54) is 7.11 Å². The van der Waals surface area contributed by atoms with E-state index in [4.69, 9.17) is 41.9 Å². The SMILES string of the molecule is COC(=O)c1c(NCc2ccc(OC)cc2OC)noc1-c1ccc(Cl)cc1Cl. The molecular formula is C20H18Cl2N2O5. The summed E-state index contributed by atoms with van der Waals surface area (Å²) in [5.41, 5.74) is 1.43. The summed E-state index contributed by atoms with van der Waals surface area (Å²) in [5, 5.41) is 7.85. The number of carbonyl (C=O) groups is 1. The number of nitrogens with one attached hydrogen (secondary N) is 1. The topological polar surface area (TPSA) is 82.8 Å². The van der Waals surface area contributed by atoms with E-state index < -0.39 is 5.97 Å². The molecule has 1 aromatic heterocycles. The Kier molecular flexibility index (Phi) is 6.51. The number of ether oxygens (including phenoxy) is 3. The molecule has 0 aliphatic heterocycles. The van der Waals surface area contributed by atoms with Crippen LogP contribution in [0.4, 0.5) is 5.82 Å². The van der Waals surface area contributed by atoms with Crippen molar-refractivity contribution in [2.75, 3.05) is 26.6 Å². The molecule has 0 saturated heterocycles. The van der Waals surface area contributed by atoms with Crippen LogP contribution in [0.3, 0.4) is 0 Å². The zero-order chi connectivity index (χ0) is 21.0. The summed E-state index contributed by atoms with van der Waals surface area (Å²) in [5.74, 6) is 1.08. The molecule has 3 aromatic rings. The maximum atomic E-state index is 12.4. The maximum absolute atomic E-state index is 12.4. The highest BCUT2D eigenvalue weighted by Gasteiger charge is 2.26. The van der Waals surface area contributed by atoms with E-state index in [0.717, 1.165) is 5.56 Å². The van der Waals surface area contributed by atoms with Crippen molar-refractivity contribution in [1.29, 1.82) is 0 Å². The number of hydrogen-bond donors (Lipinski definition) is 1. The number of methoxy groups -OCH3 is 3. The van der Waals surface area contributed by atoms with Crippen LogP contribution in [-0.4, -0.2) is 32.5 Å². The molecule has 29 heavy (non-hydrogen) atoms. The molecule has 0 saturated carbocycles. The maximum Gasteiger partial charge on any atom is 0.345 e. The van der Waals surface area contributed by atoms with Crippen molar-refractivity contribution in [2.24, 2.45) is 0 Å². The Morgan fingerprint density at radius 1 is 1.10 bits per heavy atom. The molecule has 0 bridgehead atoms. The van der Waals surface area contributed by atoms with Gasteiger partial charge in [-0.05, 0) is 30.3 Å². The lowest BCUT2D eigenvalue weighted by molar-refractivity contribution is 0.0602. The van der Waals surface area contributed by atoms with Crippen LogP contribution >= 0.6 is 23.2 Å². The number of benzene rings is 2. The number of nitrogens with zero attached hydrogens (tertiary/aromatic N) is 1. The first-order chi connectivity index (χ1) is 14.0. The van der Waals surface area contributed by atoms with E-state index in [1.807, 2.05) is 12.1 Å². The molecule has 152 valence electrons. The first-order valence-corrected chi connectivity index (χ1v) is 9.22. The molecule has 0 aliphatic carbocycles. The highest BCUT2D eigenvalue weighted by molar-refractivity contribution is 6.36. The van der Waals surface area contributed by atoms with Crippen molar-refractivity contribution in [3.05, 3.63) is 57.6 Å². The summed E-state index contributed by atoms with van der Waals surface area (Å²) in [6.07, 6.45) is 0. The molecular weight excluding hydrogens is 419 g/mol. The van der Waals surface area contributed by atoms with Gasteiger partial charge in [-0.25, -0.2) is 4.79 Å². The number of aromatic nitrogens is 1. The van der Waals surface area contributed by atoms with E-state index in [1.54, 1.807) is 38.5 Å². The van der Waals surface area contributed by atoms with Crippen LogP contribution in [0, 0.1) is 0 Å². The Labute approximate surface area is 177 Å². The molecule has 9 heteroatoms. The smallest absolute Gasteiger partial charge is 0.345 e. The number of anilines is 1. The zero-order valence-corrected chi connectivity index (χ0v) is 17.4. The van der Waals surface area contributed by atoms with Crippen molar-refractivity contribution < 1.29 is 23.5 Å². The van der Waals surface area contributed by atoms with Crippen molar-refractivity contribution in [1.82, 2.24) is 5.16 Å². The molecule has 0 aliphatic rings. The summed E-state index contributed by atoms with van der Waals surface area (Å²) in [7, 11) is 4.42. The average Bonchev–Trinajstić information content (AvgIpc) is 3.15. The number of hydrogen-bond acceptors (Lipinski definition) is 7. The predicted molar refractivity (Wildman–Crippen MR) is 110 cm³/mol. The Balaban J connectivity index is 1.94. The summed E-state index contributed by atoms with van der Waals surface area (Å²) >= 11 is 12.2. The van der Waals surface area contributed by atoms with Crippen molar-refractivity contribution >= 4 is 35.0 Å². The highest BCUT2D eigenvalue weighted by atomic mass is 35.5. The summed E-state index contributed by atoms with van der Waals surface area (Å²) in [4.78, 5) is 12.4. The van der Waals surface area contributed by atoms with Gasteiger partial charge in [0.15, 0.2) is 17.1 Å².